The molecule has 4 aromatic carbocycles. The molecule has 0 amide bonds. The van der Waals surface area contributed by atoms with Crippen LogP contribution in [0.3, 0.4) is 0 Å². The first kappa shape index (κ1) is 57.0. The van der Waals surface area contributed by atoms with Gasteiger partial charge in [0.1, 0.15) is 12.1 Å². The van der Waals surface area contributed by atoms with Gasteiger partial charge in [0.2, 0.25) is 11.5 Å². The van der Waals surface area contributed by atoms with Gasteiger partial charge in [0.05, 0.1) is 125 Å². The number of carbonyl (C=O) groups is 2. The Bertz CT molecular complexity index is 2290. The summed E-state index contributed by atoms with van der Waals surface area (Å²) in [4.78, 5) is 25.7. The fourth-order valence-electron chi connectivity index (χ4n) is 11.2. The zero-order chi connectivity index (χ0) is 53.4. The number of nitrogens with zero attached hydrogens (tertiary/aromatic N) is 2. The van der Waals surface area contributed by atoms with Crippen LogP contribution in [0.2, 0.25) is 0 Å². The maximum Gasteiger partial charge on any atom is 0.305 e. The molecule has 2 heterocycles. The molecule has 0 aliphatic carbocycles. The number of benzene rings is 4. The largest absolute Gasteiger partial charge is 0.493 e. The molecule has 4 atom stereocenters. The van der Waals surface area contributed by atoms with E-state index < -0.39 is 0 Å². The van der Waals surface area contributed by atoms with Gasteiger partial charge in [0.15, 0.2) is 46.0 Å². The first-order valence-electron chi connectivity index (χ1n) is 25.9. The predicted molar refractivity (Wildman–Crippen MR) is 282 cm³/mol. The number of quaternary nitrogens is 2. The number of ether oxygens (including phenoxy) is 12. The van der Waals surface area contributed by atoms with Crippen molar-refractivity contribution in [2.45, 2.75) is 89.1 Å². The molecular weight excluding hydrogens is 949 g/mol. The third-order valence-corrected chi connectivity index (χ3v) is 15.1. The fourth-order valence-corrected chi connectivity index (χ4v) is 11.2. The lowest BCUT2D eigenvalue weighted by molar-refractivity contribution is -0.935. The van der Waals surface area contributed by atoms with E-state index in [1.54, 1.807) is 71.1 Å². The molecule has 0 bridgehead atoms. The van der Waals surface area contributed by atoms with E-state index in [-0.39, 0.29) is 24.0 Å². The number of likely N-dealkylation sites (N-methyl/N-ethyl adjacent to an activating group) is 2. The van der Waals surface area contributed by atoms with Crippen LogP contribution < -0.4 is 47.4 Å². The van der Waals surface area contributed by atoms with Crippen LogP contribution in [0.5, 0.6) is 57.5 Å². The smallest absolute Gasteiger partial charge is 0.305 e. The van der Waals surface area contributed by atoms with Crippen LogP contribution in [0.4, 0.5) is 0 Å². The number of fused-ring (bicyclic) bond motifs is 2. The topological polar surface area (TPSA) is 145 Å². The number of esters is 2. The summed E-state index contributed by atoms with van der Waals surface area (Å²) in [6, 6.07) is 16.2. The Morgan fingerprint density at radius 2 is 0.716 bits per heavy atom. The van der Waals surface area contributed by atoms with E-state index in [2.05, 4.69) is 38.4 Å². The second-order valence-electron chi connectivity index (χ2n) is 19.7. The van der Waals surface area contributed by atoms with Crippen molar-refractivity contribution in [3.8, 4) is 57.5 Å². The predicted octanol–water partition coefficient (Wildman–Crippen LogP) is 9.64. The number of rotatable bonds is 29. The van der Waals surface area contributed by atoms with Gasteiger partial charge in [-0.15, -0.1) is 0 Å². The van der Waals surface area contributed by atoms with Crippen LogP contribution in [0, 0.1) is 0 Å². The van der Waals surface area contributed by atoms with Crippen molar-refractivity contribution in [1.29, 1.82) is 0 Å². The minimum Gasteiger partial charge on any atom is -0.493 e. The van der Waals surface area contributed by atoms with Crippen LogP contribution in [-0.4, -0.2) is 145 Å². The van der Waals surface area contributed by atoms with Crippen molar-refractivity contribution in [2.75, 3.05) is 125 Å². The van der Waals surface area contributed by atoms with Crippen molar-refractivity contribution >= 4 is 11.9 Å². The molecule has 2 aliphatic rings. The van der Waals surface area contributed by atoms with Gasteiger partial charge < -0.3 is 65.8 Å². The van der Waals surface area contributed by atoms with E-state index in [1.807, 2.05) is 24.3 Å². The molecule has 0 saturated heterocycles. The molecule has 4 aromatic rings. The maximum atomic E-state index is 12.9. The highest BCUT2D eigenvalue weighted by Crippen LogP contribution is 2.50. The van der Waals surface area contributed by atoms with Crippen LogP contribution in [0.1, 0.15) is 110 Å². The monoisotopic (exact) mass is 1030 g/mol. The second-order valence-corrected chi connectivity index (χ2v) is 19.7. The van der Waals surface area contributed by atoms with Crippen LogP contribution >= 0.6 is 0 Å². The first-order chi connectivity index (χ1) is 35.8. The van der Waals surface area contributed by atoms with E-state index in [0.29, 0.717) is 105 Å². The van der Waals surface area contributed by atoms with Gasteiger partial charge in [-0.1, -0.05) is 25.7 Å². The lowest BCUT2D eigenvalue weighted by atomic mass is 9.85. The first-order valence-corrected chi connectivity index (χ1v) is 25.9. The molecule has 6 rings (SSSR count). The molecule has 2 aliphatic heterocycles. The number of hydrogen-bond acceptors (Lipinski definition) is 14. The summed E-state index contributed by atoms with van der Waals surface area (Å²) in [5.74, 6) is 5.81. The van der Waals surface area contributed by atoms with Gasteiger partial charge in [-0.05, 0) is 72.5 Å². The van der Waals surface area contributed by atoms with Crippen LogP contribution in [-0.2, 0) is 31.9 Å². The Morgan fingerprint density at radius 1 is 0.405 bits per heavy atom. The van der Waals surface area contributed by atoms with Crippen LogP contribution in [0.25, 0.3) is 0 Å². The third-order valence-electron chi connectivity index (χ3n) is 15.1. The SMILES string of the molecule is COc1cc2c(cc1OC)[C@@H](c1cc(OC)c(OC)c(OC)c1)[N@+](C)(CCCOC(=O)CCCCCCCCC(=O)OCCC[N@@+]1(C)CCc3cc(OC)c(OC)cc3[C@@H]1c1cc(OC)c(OC)c(OC)c1)CC2. The summed E-state index contributed by atoms with van der Waals surface area (Å²) in [5, 5.41) is 0. The highest BCUT2D eigenvalue weighted by atomic mass is 16.6. The zero-order valence-electron chi connectivity index (χ0n) is 46.1. The molecule has 0 aromatic heterocycles. The Labute approximate surface area is 439 Å². The molecule has 0 spiro atoms. The number of unbranched alkanes of at least 4 members (excludes halogenated alkanes) is 5. The van der Waals surface area contributed by atoms with Crippen molar-refractivity contribution < 1.29 is 75.4 Å². The molecule has 16 nitrogen and oxygen atoms in total. The lowest BCUT2D eigenvalue weighted by Crippen LogP contribution is -2.52. The van der Waals surface area contributed by atoms with Gasteiger partial charge in [-0.2, -0.15) is 0 Å². The summed E-state index contributed by atoms with van der Waals surface area (Å²) in [5.41, 5.74) is 6.69. The van der Waals surface area contributed by atoms with Gasteiger partial charge in [0, 0.05) is 60.8 Å². The highest BCUT2D eigenvalue weighted by Gasteiger charge is 2.43. The number of carbonyl (C=O) groups excluding carboxylic acids is 2. The number of methoxy groups -OCH3 is 10. The van der Waals surface area contributed by atoms with E-state index in [1.165, 1.54) is 11.1 Å². The normalized spacial score (nSPS) is 18.8. The number of hydrogen-bond donors (Lipinski definition) is 0. The molecule has 0 N–H and O–H groups in total. The zero-order valence-corrected chi connectivity index (χ0v) is 46.1. The second kappa shape index (κ2) is 26.8. The summed E-state index contributed by atoms with van der Waals surface area (Å²) >= 11 is 0. The van der Waals surface area contributed by atoms with E-state index in [4.69, 9.17) is 56.8 Å². The van der Waals surface area contributed by atoms with Crippen molar-refractivity contribution in [2.24, 2.45) is 0 Å². The molecule has 0 saturated carbocycles. The Morgan fingerprint density at radius 3 is 1.03 bits per heavy atom. The van der Waals surface area contributed by atoms with Gasteiger partial charge in [0.25, 0.3) is 0 Å². The molecule has 16 heteroatoms. The lowest BCUT2D eigenvalue weighted by Gasteiger charge is -2.46. The Hall–Kier alpha value is -6.26. The average Bonchev–Trinajstić information content (AvgIpc) is 3.42. The van der Waals surface area contributed by atoms with E-state index in [0.717, 1.165) is 99.8 Å². The van der Waals surface area contributed by atoms with Gasteiger partial charge >= 0.3 is 11.9 Å². The molecule has 0 fully saturated rings. The van der Waals surface area contributed by atoms with E-state index >= 15 is 0 Å². The summed E-state index contributed by atoms with van der Waals surface area (Å²) in [6.07, 6.45) is 9.25. The Kier molecular flexibility index (Phi) is 20.7. The standard InChI is InChI=1S/C58H82N2O14/c1-59(27-23-39-31-45(63-3)47(65-5)37-43(39)55(59)41-33-49(67-7)57(71-11)50(34-41)68-8)25-19-29-73-53(61)21-17-15-13-14-16-18-22-54(62)74-30-20-26-60(2)28-24-40-32-46(64-4)48(66-6)38-44(40)56(60)42-35-51(69-9)58(72-12)52(36-42)70-10/h31-38,55-56H,13-30H2,1-12H3/q+2/t55-,56+,59-,60+. The summed E-state index contributed by atoms with van der Waals surface area (Å²) in [7, 11) is 20.8. The molecule has 406 valence electrons. The maximum absolute atomic E-state index is 12.9. The van der Waals surface area contributed by atoms with Crippen molar-refractivity contribution in [3.05, 3.63) is 81.9 Å². The van der Waals surface area contributed by atoms with Crippen molar-refractivity contribution in [1.82, 2.24) is 0 Å². The minimum absolute atomic E-state index is 0.0950. The van der Waals surface area contributed by atoms with Crippen LogP contribution in [0.15, 0.2) is 48.5 Å². The van der Waals surface area contributed by atoms with Crippen molar-refractivity contribution in [3.63, 3.8) is 0 Å². The minimum atomic E-state index is -0.170. The molecule has 0 radical (unpaired) electrons. The average molecular weight is 1030 g/mol. The fraction of sp³-hybridized carbons (Fsp3) is 0.552. The molecular formula is C58H82N2O14+2. The van der Waals surface area contributed by atoms with E-state index in [9.17, 15) is 9.59 Å². The summed E-state index contributed by atoms with van der Waals surface area (Å²) in [6.45, 7) is 3.96. The quantitative estimate of drug-likeness (QED) is 0.0289. The molecule has 0 unspecified atom stereocenters. The van der Waals surface area contributed by atoms with Gasteiger partial charge in [-0.3, -0.25) is 9.59 Å². The molecule has 74 heavy (non-hydrogen) atoms. The third kappa shape index (κ3) is 13.2. The van der Waals surface area contributed by atoms with Gasteiger partial charge in [-0.25, -0.2) is 0 Å². The highest BCUT2D eigenvalue weighted by molar-refractivity contribution is 5.69. The Balaban J connectivity index is 0.921. The summed E-state index contributed by atoms with van der Waals surface area (Å²) < 4.78 is 70.2.